The van der Waals surface area contributed by atoms with E-state index in [9.17, 15) is 4.79 Å². The molecule has 0 saturated carbocycles. The summed E-state index contributed by atoms with van der Waals surface area (Å²) in [6.45, 7) is 5.72. The van der Waals surface area contributed by atoms with Crippen molar-refractivity contribution in [2.24, 2.45) is 0 Å². The van der Waals surface area contributed by atoms with Crippen LogP contribution in [0.1, 0.15) is 33.1 Å². The van der Waals surface area contributed by atoms with E-state index in [0.717, 1.165) is 31.6 Å². The second-order valence-corrected chi connectivity index (χ2v) is 3.84. The van der Waals surface area contributed by atoms with Crippen molar-refractivity contribution in [3.63, 3.8) is 0 Å². The average molecular weight is 222 g/mol. The summed E-state index contributed by atoms with van der Waals surface area (Å²) in [7, 11) is 0. The summed E-state index contributed by atoms with van der Waals surface area (Å²) in [4.78, 5) is 13.6. The van der Waals surface area contributed by atoms with Gasteiger partial charge >= 0.3 is 5.97 Å². The number of nitriles is 1. The molecule has 88 valence electrons. The van der Waals surface area contributed by atoms with E-state index in [1.807, 2.05) is 13.0 Å². The van der Waals surface area contributed by atoms with Crippen molar-refractivity contribution in [2.45, 2.75) is 33.1 Å². The van der Waals surface area contributed by atoms with Gasteiger partial charge in [-0.25, -0.2) is 4.79 Å². The highest BCUT2D eigenvalue weighted by Crippen LogP contribution is 2.17. The van der Waals surface area contributed by atoms with Crippen LogP contribution in [0.15, 0.2) is 11.3 Å². The maximum atomic E-state index is 11.5. The Hall–Kier alpha value is -1.50. The first-order valence-corrected chi connectivity index (χ1v) is 5.73. The number of ether oxygens (including phenoxy) is 1. The summed E-state index contributed by atoms with van der Waals surface area (Å²) >= 11 is 0. The van der Waals surface area contributed by atoms with Crippen LogP contribution in [-0.4, -0.2) is 30.6 Å². The molecule has 0 atom stereocenters. The quantitative estimate of drug-likeness (QED) is 0.415. The normalized spacial score (nSPS) is 17.4. The number of carbonyl (C=O) groups excluding carboxylic acids is 1. The number of likely N-dealkylation sites (tertiary alicyclic amines) is 1. The molecule has 1 fully saturated rings. The zero-order valence-electron chi connectivity index (χ0n) is 9.95. The van der Waals surface area contributed by atoms with Gasteiger partial charge < -0.3 is 9.64 Å². The Morgan fingerprint density at radius 3 is 2.50 bits per heavy atom. The van der Waals surface area contributed by atoms with Gasteiger partial charge in [0.25, 0.3) is 0 Å². The van der Waals surface area contributed by atoms with E-state index in [-0.39, 0.29) is 5.57 Å². The number of esters is 1. The lowest BCUT2D eigenvalue weighted by molar-refractivity contribution is -0.138. The molecule has 16 heavy (non-hydrogen) atoms. The molecule has 0 aromatic heterocycles. The van der Waals surface area contributed by atoms with E-state index in [1.165, 1.54) is 6.42 Å². The summed E-state index contributed by atoms with van der Waals surface area (Å²) in [5.41, 5.74) is 0.893. The van der Waals surface area contributed by atoms with Gasteiger partial charge in [0.2, 0.25) is 0 Å². The van der Waals surface area contributed by atoms with Gasteiger partial charge in [-0.15, -0.1) is 0 Å². The van der Waals surface area contributed by atoms with Gasteiger partial charge in [0.15, 0.2) is 5.57 Å². The van der Waals surface area contributed by atoms with Gasteiger partial charge in [-0.1, -0.05) is 0 Å². The minimum absolute atomic E-state index is 0.142. The summed E-state index contributed by atoms with van der Waals surface area (Å²) in [6.07, 6.45) is 3.48. The van der Waals surface area contributed by atoms with Crippen LogP contribution >= 0.6 is 0 Å². The van der Waals surface area contributed by atoms with Gasteiger partial charge in [0.05, 0.1) is 6.61 Å². The fraction of sp³-hybridized carbons (Fsp3) is 0.667. The first-order chi connectivity index (χ1) is 7.70. The van der Waals surface area contributed by atoms with Crippen molar-refractivity contribution < 1.29 is 9.53 Å². The van der Waals surface area contributed by atoms with E-state index >= 15 is 0 Å². The van der Waals surface area contributed by atoms with Crippen LogP contribution in [0.3, 0.4) is 0 Å². The minimum Gasteiger partial charge on any atom is -0.462 e. The second-order valence-electron chi connectivity index (χ2n) is 3.84. The molecule has 1 aliphatic heterocycles. The molecule has 0 radical (unpaired) electrons. The fourth-order valence-corrected chi connectivity index (χ4v) is 1.86. The summed E-state index contributed by atoms with van der Waals surface area (Å²) in [5, 5.41) is 8.99. The Morgan fingerprint density at radius 1 is 1.38 bits per heavy atom. The van der Waals surface area contributed by atoms with Crippen molar-refractivity contribution in [3.8, 4) is 6.07 Å². The zero-order chi connectivity index (χ0) is 12.0. The van der Waals surface area contributed by atoms with Crippen molar-refractivity contribution in [2.75, 3.05) is 19.7 Å². The molecule has 0 bridgehead atoms. The molecular formula is C12H18N2O2. The molecule has 1 rings (SSSR count). The second kappa shape index (κ2) is 6.16. The number of carbonyl (C=O) groups is 1. The molecule has 4 heteroatoms. The summed E-state index contributed by atoms with van der Waals surface area (Å²) in [6, 6.07) is 1.95. The third-order valence-corrected chi connectivity index (χ3v) is 2.78. The fourth-order valence-electron chi connectivity index (χ4n) is 1.86. The Labute approximate surface area is 96.5 Å². The van der Waals surface area contributed by atoms with Crippen molar-refractivity contribution in [1.82, 2.24) is 4.90 Å². The number of piperidine rings is 1. The third-order valence-electron chi connectivity index (χ3n) is 2.78. The van der Waals surface area contributed by atoms with Crippen LogP contribution in [0, 0.1) is 11.3 Å². The van der Waals surface area contributed by atoms with Crippen molar-refractivity contribution in [3.05, 3.63) is 11.3 Å². The number of hydrogen-bond donors (Lipinski definition) is 0. The monoisotopic (exact) mass is 222 g/mol. The van der Waals surface area contributed by atoms with E-state index in [0.29, 0.717) is 6.61 Å². The smallest absolute Gasteiger partial charge is 0.350 e. The largest absolute Gasteiger partial charge is 0.462 e. The number of allylic oxidation sites excluding steroid dienone is 1. The molecule has 0 aromatic rings. The van der Waals surface area contributed by atoms with Gasteiger partial charge in [0.1, 0.15) is 6.07 Å². The molecule has 1 aliphatic rings. The first-order valence-electron chi connectivity index (χ1n) is 5.73. The molecule has 0 amide bonds. The van der Waals surface area contributed by atoms with Crippen LogP contribution in [0.2, 0.25) is 0 Å². The standard InChI is InChI=1S/C12H18N2O2/c1-3-16-12(15)11(9-13)10(2)14-7-5-4-6-8-14/h3-8H2,1-2H3/b11-10-. The van der Waals surface area contributed by atoms with Gasteiger partial charge in [-0.3, -0.25) is 0 Å². The highest BCUT2D eigenvalue weighted by Gasteiger charge is 2.19. The van der Waals surface area contributed by atoms with E-state index in [2.05, 4.69) is 4.90 Å². The van der Waals surface area contributed by atoms with Crippen LogP contribution < -0.4 is 0 Å². The predicted octanol–water partition coefficient (Wildman–Crippen LogP) is 1.83. The molecule has 0 aromatic carbocycles. The Balaban J connectivity index is 2.81. The molecule has 0 aliphatic carbocycles. The molecule has 1 heterocycles. The topological polar surface area (TPSA) is 53.3 Å². The highest BCUT2D eigenvalue weighted by molar-refractivity contribution is 5.93. The molecular weight excluding hydrogens is 204 g/mol. The first kappa shape index (κ1) is 12.6. The minimum atomic E-state index is -0.506. The van der Waals surface area contributed by atoms with Gasteiger partial charge in [-0.05, 0) is 33.1 Å². The maximum absolute atomic E-state index is 11.5. The van der Waals surface area contributed by atoms with Crippen LogP contribution in [0.25, 0.3) is 0 Å². The van der Waals surface area contributed by atoms with E-state index in [1.54, 1.807) is 6.92 Å². The maximum Gasteiger partial charge on any atom is 0.350 e. The lowest BCUT2D eigenvalue weighted by atomic mass is 10.1. The molecule has 0 spiro atoms. The predicted molar refractivity (Wildman–Crippen MR) is 60.4 cm³/mol. The van der Waals surface area contributed by atoms with Gasteiger partial charge in [-0.2, -0.15) is 5.26 Å². The van der Waals surface area contributed by atoms with E-state index in [4.69, 9.17) is 10.00 Å². The summed E-state index contributed by atoms with van der Waals surface area (Å²) < 4.78 is 4.86. The number of rotatable bonds is 3. The molecule has 4 nitrogen and oxygen atoms in total. The SMILES string of the molecule is CCOC(=O)/C(C#N)=C(/C)N1CCCCC1. The van der Waals surface area contributed by atoms with Crippen molar-refractivity contribution in [1.29, 1.82) is 5.26 Å². The van der Waals surface area contributed by atoms with E-state index < -0.39 is 5.97 Å². The highest BCUT2D eigenvalue weighted by atomic mass is 16.5. The number of hydrogen-bond acceptors (Lipinski definition) is 4. The molecule has 0 unspecified atom stereocenters. The third kappa shape index (κ3) is 2.99. The lowest BCUT2D eigenvalue weighted by Crippen LogP contribution is -2.30. The lowest BCUT2D eigenvalue weighted by Gasteiger charge is -2.29. The Morgan fingerprint density at radius 2 is 2.00 bits per heavy atom. The molecule has 0 N–H and O–H groups in total. The van der Waals surface area contributed by atoms with Crippen molar-refractivity contribution >= 4 is 5.97 Å². The average Bonchev–Trinajstić information content (AvgIpc) is 2.31. The summed E-state index contributed by atoms with van der Waals surface area (Å²) in [5.74, 6) is -0.506. The van der Waals surface area contributed by atoms with Crippen LogP contribution in [0.5, 0.6) is 0 Å². The zero-order valence-corrected chi connectivity index (χ0v) is 9.95. The van der Waals surface area contributed by atoms with Crippen LogP contribution in [-0.2, 0) is 9.53 Å². The Bertz CT molecular complexity index is 322. The molecule has 1 saturated heterocycles. The number of nitrogens with zero attached hydrogens (tertiary/aromatic N) is 2. The van der Waals surface area contributed by atoms with Crippen LogP contribution in [0.4, 0.5) is 0 Å². The Kier molecular flexibility index (Phi) is 4.84. The van der Waals surface area contributed by atoms with Gasteiger partial charge in [0, 0.05) is 18.8 Å².